The third-order valence-electron chi connectivity index (χ3n) is 7.04. The van der Waals surface area contributed by atoms with Crippen molar-refractivity contribution in [1.82, 2.24) is 9.21 Å². The van der Waals surface area contributed by atoms with Crippen molar-refractivity contribution in [3.8, 4) is 5.75 Å². The first kappa shape index (κ1) is 35.5. The summed E-state index contributed by atoms with van der Waals surface area (Å²) in [4.78, 5) is 41.8. The van der Waals surface area contributed by atoms with E-state index in [1.165, 1.54) is 11.0 Å². The van der Waals surface area contributed by atoms with Crippen LogP contribution in [0.4, 0.5) is 4.79 Å². The molecule has 1 aliphatic rings. The van der Waals surface area contributed by atoms with E-state index in [9.17, 15) is 27.9 Å². The smallest absolute Gasteiger partial charge is 0.438 e. The molecule has 2 amide bonds. The molecule has 0 aromatic heterocycles. The second-order valence-corrected chi connectivity index (χ2v) is 13.8. The van der Waals surface area contributed by atoms with Crippen LogP contribution in [0.5, 0.6) is 5.75 Å². The number of nitrogens with two attached hydrogens (primary N) is 1. The van der Waals surface area contributed by atoms with Gasteiger partial charge in [0.25, 0.3) is 0 Å². The summed E-state index contributed by atoms with van der Waals surface area (Å²) in [6.07, 6.45) is -0.864. The second kappa shape index (κ2) is 15.3. The zero-order valence-electron chi connectivity index (χ0n) is 26.3. The summed E-state index contributed by atoms with van der Waals surface area (Å²) in [5.41, 5.74) is 7.17. The molecule has 2 aromatic carbocycles. The van der Waals surface area contributed by atoms with E-state index >= 15 is 0 Å². The van der Waals surface area contributed by atoms with Crippen LogP contribution < -0.4 is 5.73 Å². The Kier molecular flexibility index (Phi) is 12.1. The summed E-state index contributed by atoms with van der Waals surface area (Å²) in [6.45, 7) is 9.23. The fourth-order valence-corrected chi connectivity index (χ4v) is 5.73. The highest BCUT2D eigenvalue weighted by Gasteiger charge is 2.31. The van der Waals surface area contributed by atoms with Crippen LogP contribution in [0.25, 0.3) is 0 Å². The Balaban J connectivity index is 1.84. The van der Waals surface area contributed by atoms with Gasteiger partial charge in [-0.25, -0.2) is 13.2 Å². The highest BCUT2D eigenvalue weighted by molar-refractivity contribution is 7.89. The average molecular weight is 647 g/mol. The number of esters is 1. The molecule has 3 N–H and O–H groups in total. The number of ether oxygens (including phenoxy) is 3. The van der Waals surface area contributed by atoms with Gasteiger partial charge in [-0.05, 0) is 62.4 Å². The number of rotatable bonds is 11. The fraction of sp³-hybridized carbons (Fsp3) is 0.484. The fourth-order valence-electron chi connectivity index (χ4n) is 4.24. The van der Waals surface area contributed by atoms with E-state index < -0.39 is 63.2 Å². The van der Waals surface area contributed by atoms with Crippen molar-refractivity contribution < 1.29 is 42.1 Å². The summed E-state index contributed by atoms with van der Waals surface area (Å²) >= 11 is 0. The number of hydrogen-bond donors (Lipinski definition) is 2. The summed E-state index contributed by atoms with van der Waals surface area (Å²) < 4.78 is 43.9. The van der Waals surface area contributed by atoms with E-state index in [0.29, 0.717) is 38.6 Å². The summed E-state index contributed by atoms with van der Waals surface area (Å²) in [5.74, 6) is -1.64. The molecule has 0 bridgehead atoms. The molecule has 0 unspecified atom stereocenters. The summed E-state index contributed by atoms with van der Waals surface area (Å²) in [6, 6.07) is 11.3. The zero-order chi connectivity index (χ0) is 33.4. The van der Waals surface area contributed by atoms with Crippen molar-refractivity contribution >= 4 is 33.8 Å². The molecular weight excluding hydrogens is 604 g/mol. The Morgan fingerprint density at radius 1 is 1.07 bits per heavy atom. The Hall–Kier alpha value is -4.01. The van der Waals surface area contributed by atoms with Gasteiger partial charge >= 0.3 is 12.1 Å². The number of nitrogens with zero attached hydrogens (tertiary/aromatic N) is 3. The topological polar surface area (TPSA) is 178 Å². The molecule has 45 heavy (non-hydrogen) atoms. The van der Waals surface area contributed by atoms with Gasteiger partial charge in [-0.1, -0.05) is 38.1 Å². The number of benzene rings is 2. The largest absolute Gasteiger partial charge is 0.507 e. The summed E-state index contributed by atoms with van der Waals surface area (Å²) in [5, 5.41) is 10.6. The normalized spacial score (nSPS) is 14.5. The number of sulfonamides is 1. The van der Waals surface area contributed by atoms with Crippen molar-refractivity contribution in [2.24, 2.45) is 16.1 Å². The molecular formula is C31H42N4O9S. The number of aliphatic imine (C=N–C) groups is 1. The van der Waals surface area contributed by atoms with Crippen LogP contribution in [-0.2, 0) is 40.2 Å². The monoisotopic (exact) mass is 646 g/mol. The maximum Gasteiger partial charge on any atom is 0.438 e. The highest BCUT2D eigenvalue weighted by atomic mass is 32.2. The SMILES string of the molecule is CC(C)c1ccc(CCN(CC(=O)N2CCOCC2)S(=O)(=O)c2cc(C(N)=NC(=O)OCOC(=O)C(C)(C)C)ccc2O)cc1. The molecule has 3 rings (SSSR count). The second-order valence-electron chi connectivity index (χ2n) is 11.9. The number of amidine groups is 1. The molecule has 0 atom stereocenters. The van der Waals surface area contributed by atoms with Gasteiger partial charge in [-0.3, -0.25) is 9.59 Å². The zero-order valence-corrected chi connectivity index (χ0v) is 27.1. The van der Waals surface area contributed by atoms with Crippen LogP contribution in [0.1, 0.15) is 57.2 Å². The van der Waals surface area contributed by atoms with Gasteiger partial charge in [-0.15, -0.1) is 0 Å². The molecule has 1 fully saturated rings. The van der Waals surface area contributed by atoms with Crippen LogP contribution in [0.15, 0.2) is 52.4 Å². The number of amides is 2. The molecule has 0 spiro atoms. The Labute approximate surface area is 264 Å². The number of morpholine rings is 1. The van der Waals surface area contributed by atoms with Gasteiger partial charge in [0.15, 0.2) is 0 Å². The van der Waals surface area contributed by atoms with Crippen LogP contribution >= 0.6 is 0 Å². The molecule has 0 saturated carbocycles. The highest BCUT2D eigenvalue weighted by Crippen LogP contribution is 2.28. The number of phenols is 1. The van der Waals surface area contributed by atoms with Crippen molar-refractivity contribution in [2.45, 2.75) is 51.9 Å². The standard InChI is InChI=1S/C31H42N4O9S/c1-21(2)23-8-6-22(7-9-23)12-13-35(19-27(37)34-14-16-42-17-15-34)45(40,41)26-18-24(10-11-25(26)36)28(32)33-30(39)44-20-43-29(38)31(3,4)5/h6-11,18,21,36H,12-17,19-20H2,1-5H3,(H2,32,33,39). The molecule has 0 radical (unpaired) electrons. The molecule has 0 aliphatic carbocycles. The van der Waals surface area contributed by atoms with Gasteiger partial charge in [-0.2, -0.15) is 9.30 Å². The number of carbonyl (C=O) groups is 3. The Morgan fingerprint density at radius 2 is 1.71 bits per heavy atom. The molecule has 14 heteroatoms. The Morgan fingerprint density at radius 3 is 2.31 bits per heavy atom. The van der Waals surface area contributed by atoms with E-state index in [1.807, 2.05) is 24.3 Å². The minimum atomic E-state index is -4.46. The van der Waals surface area contributed by atoms with Gasteiger partial charge in [0, 0.05) is 25.2 Å². The maximum absolute atomic E-state index is 14.0. The molecule has 1 saturated heterocycles. The predicted molar refractivity (Wildman–Crippen MR) is 166 cm³/mol. The summed E-state index contributed by atoms with van der Waals surface area (Å²) in [7, 11) is -4.46. The molecule has 1 aliphatic heterocycles. The lowest BCUT2D eigenvalue weighted by Gasteiger charge is -2.30. The first-order valence-corrected chi connectivity index (χ1v) is 16.0. The molecule has 1 heterocycles. The predicted octanol–water partition coefficient (Wildman–Crippen LogP) is 3.00. The van der Waals surface area contributed by atoms with E-state index in [2.05, 4.69) is 18.8 Å². The first-order valence-electron chi connectivity index (χ1n) is 14.6. The number of aromatic hydroxyl groups is 1. The quantitative estimate of drug-likeness (QED) is 0.160. The minimum absolute atomic E-state index is 0.00117. The van der Waals surface area contributed by atoms with Crippen molar-refractivity contribution in [3.63, 3.8) is 0 Å². The third kappa shape index (κ3) is 9.99. The number of phenolic OH excluding ortho intramolecular Hbond substituents is 1. The lowest BCUT2D eigenvalue weighted by Crippen LogP contribution is -2.47. The Bertz CT molecular complexity index is 1490. The molecule has 2 aromatic rings. The van der Waals surface area contributed by atoms with E-state index in [-0.39, 0.29) is 12.1 Å². The van der Waals surface area contributed by atoms with Gasteiger partial charge in [0.1, 0.15) is 16.5 Å². The lowest BCUT2D eigenvalue weighted by molar-refractivity contribution is -0.161. The maximum atomic E-state index is 14.0. The van der Waals surface area contributed by atoms with Crippen molar-refractivity contribution in [3.05, 3.63) is 59.2 Å². The van der Waals surface area contributed by atoms with Crippen LogP contribution in [0.2, 0.25) is 0 Å². The number of carbonyl (C=O) groups excluding carboxylic acids is 3. The molecule has 246 valence electrons. The third-order valence-corrected chi connectivity index (χ3v) is 8.92. The molecule has 13 nitrogen and oxygen atoms in total. The van der Waals surface area contributed by atoms with Crippen molar-refractivity contribution in [1.29, 1.82) is 0 Å². The lowest BCUT2D eigenvalue weighted by atomic mass is 9.98. The average Bonchev–Trinajstić information content (AvgIpc) is 2.99. The van der Waals surface area contributed by atoms with Gasteiger partial charge in [0.05, 0.1) is 25.2 Å². The van der Waals surface area contributed by atoms with Crippen LogP contribution in [0, 0.1) is 5.41 Å². The van der Waals surface area contributed by atoms with Gasteiger partial charge < -0.3 is 30.0 Å². The number of hydrogen-bond acceptors (Lipinski definition) is 9. The van der Waals surface area contributed by atoms with Crippen LogP contribution in [-0.4, -0.2) is 92.7 Å². The van der Waals surface area contributed by atoms with Gasteiger partial charge in [0.2, 0.25) is 22.7 Å². The van der Waals surface area contributed by atoms with Crippen molar-refractivity contribution in [2.75, 3.05) is 46.2 Å². The first-order chi connectivity index (χ1) is 21.1. The van der Waals surface area contributed by atoms with E-state index in [1.54, 1.807) is 20.8 Å². The van der Waals surface area contributed by atoms with E-state index in [4.69, 9.17) is 19.9 Å². The minimum Gasteiger partial charge on any atom is -0.507 e. The van der Waals surface area contributed by atoms with E-state index in [0.717, 1.165) is 27.6 Å². The van der Waals surface area contributed by atoms with Crippen LogP contribution in [0.3, 0.4) is 0 Å².